The van der Waals surface area contributed by atoms with Crippen LogP contribution in [0, 0.1) is 5.82 Å². The molecule has 3 rings (SSSR count). The number of carbonyl (C=O) groups is 2. The number of carbonyl (C=O) groups excluding carboxylic acids is 2. The highest BCUT2D eigenvalue weighted by Gasteiger charge is 2.24. The van der Waals surface area contributed by atoms with Crippen LogP contribution in [-0.4, -0.2) is 22.8 Å². The average Bonchev–Trinajstić information content (AvgIpc) is 2.73. The molecule has 2 aromatic rings. The van der Waals surface area contributed by atoms with Gasteiger partial charge in [-0.2, -0.15) is 0 Å². The van der Waals surface area contributed by atoms with E-state index in [9.17, 15) is 14.0 Å². The Bertz CT molecular complexity index is 766. The fourth-order valence-electron chi connectivity index (χ4n) is 2.58. The lowest BCUT2D eigenvalue weighted by Gasteiger charge is -2.13. The quantitative estimate of drug-likeness (QED) is 0.893. The summed E-state index contributed by atoms with van der Waals surface area (Å²) in [5.74, 6) is -0.787. The minimum absolute atomic E-state index is 0.0939. The van der Waals surface area contributed by atoms with E-state index >= 15 is 0 Å². The molecule has 0 bridgehead atoms. The summed E-state index contributed by atoms with van der Waals surface area (Å²) in [6.07, 6.45) is 1.45. The highest BCUT2D eigenvalue weighted by atomic mass is 32.2. The van der Waals surface area contributed by atoms with Crippen molar-refractivity contribution in [3.05, 3.63) is 59.9 Å². The molecule has 2 aromatic carbocycles. The molecule has 4 nitrogen and oxygen atoms in total. The number of benzene rings is 2. The molecule has 0 fully saturated rings. The number of thioether (sulfide) groups is 1. The largest absolute Gasteiger partial charge is 0.325 e. The van der Waals surface area contributed by atoms with Gasteiger partial charge in [0.05, 0.1) is 16.7 Å². The summed E-state index contributed by atoms with van der Waals surface area (Å²) in [7, 11) is 0. The maximum atomic E-state index is 13.5. The maximum Gasteiger partial charge on any atom is 0.237 e. The molecule has 1 aliphatic heterocycles. The van der Waals surface area contributed by atoms with Crippen molar-refractivity contribution in [1.82, 2.24) is 0 Å². The summed E-state index contributed by atoms with van der Waals surface area (Å²) >= 11 is 1.28. The third kappa shape index (κ3) is 3.94. The fourth-order valence-corrected chi connectivity index (χ4v) is 3.49. The Morgan fingerprint density at radius 3 is 2.79 bits per heavy atom. The highest BCUT2D eigenvalue weighted by molar-refractivity contribution is 8.01. The van der Waals surface area contributed by atoms with Crippen molar-refractivity contribution in [3.63, 3.8) is 0 Å². The van der Waals surface area contributed by atoms with Gasteiger partial charge in [-0.25, -0.2) is 4.39 Å². The zero-order valence-corrected chi connectivity index (χ0v) is 13.7. The van der Waals surface area contributed by atoms with Gasteiger partial charge in [-0.15, -0.1) is 11.8 Å². The Morgan fingerprint density at radius 2 is 1.96 bits per heavy atom. The molecular weight excluding hydrogens is 327 g/mol. The fraction of sp³-hybridized carbons (Fsp3) is 0.222. The number of anilines is 2. The van der Waals surface area contributed by atoms with Gasteiger partial charge in [0.1, 0.15) is 5.82 Å². The van der Waals surface area contributed by atoms with E-state index in [4.69, 9.17) is 0 Å². The first-order valence-corrected chi connectivity index (χ1v) is 8.73. The number of hydrogen-bond donors (Lipinski definition) is 2. The summed E-state index contributed by atoms with van der Waals surface area (Å²) < 4.78 is 13.5. The molecule has 24 heavy (non-hydrogen) atoms. The molecule has 0 radical (unpaired) electrons. The number of halogens is 1. The van der Waals surface area contributed by atoms with E-state index in [-0.39, 0.29) is 28.5 Å². The Labute approximate surface area is 143 Å². The van der Waals surface area contributed by atoms with E-state index in [1.54, 1.807) is 12.1 Å². The minimum Gasteiger partial charge on any atom is -0.325 e. The normalized spacial score (nSPS) is 16.7. The summed E-state index contributed by atoms with van der Waals surface area (Å²) in [6.45, 7) is 0. The second-order valence-corrected chi connectivity index (χ2v) is 6.70. The lowest BCUT2D eigenvalue weighted by atomic mass is 10.1. The van der Waals surface area contributed by atoms with Gasteiger partial charge in [0.15, 0.2) is 0 Å². The molecule has 0 aromatic heterocycles. The summed E-state index contributed by atoms with van der Waals surface area (Å²) in [5.41, 5.74) is 2.09. The van der Waals surface area contributed by atoms with Gasteiger partial charge in [0.2, 0.25) is 11.8 Å². The first-order chi connectivity index (χ1) is 11.6. The maximum absolute atomic E-state index is 13.5. The van der Waals surface area contributed by atoms with Gasteiger partial charge in [-0.3, -0.25) is 9.59 Å². The van der Waals surface area contributed by atoms with Crippen LogP contribution in [0.15, 0.2) is 48.5 Å². The smallest absolute Gasteiger partial charge is 0.237 e. The third-order valence-electron chi connectivity index (χ3n) is 3.81. The number of nitrogens with one attached hydrogen (secondary N) is 2. The van der Waals surface area contributed by atoms with Crippen molar-refractivity contribution < 1.29 is 14.0 Å². The van der Waals surface area contributed by atoms with E-state index in [2.05, 4.69) is 10.6 Å². The van der Waals surface area contributed by atoms with E-state index in [0.29, 0.717) is 6.42 Å². The minimum atomic E-state index is -0.474. The molecule has 0 spiro atoms. The molecule has 124 valence electrons. The molecule has 0 saturated heterocycles. The zero-order valence-electron chi connectivity index (χ0n) is 12.9. The monoisotopic (exact) mass is 344 g/mol. The SMILES string of the molecule is O=C(CS[C@@H]1CCc2ccccc2NC1=O)Nc1ccccc1F. The van der Waals surface area contributed by atoms with Crippen LogP contribution in [0.3, 0.4) is 0 Å². The molecular formula is C18H17FN2O2S. The summed E-state index contributed by atoms with van der Waals surface area (Å²) in [4.78, 5) is 24.3. The van der Waals surface area contributed by atoms with Crippen molar-refractivity contribution in [2.45, 2.75) is 18.1 Å². The number of hydrogen-bond acceptors (Lipinski definition) is 3. The van der Waals surface area contributed by atoms with Crippen LogP contribution < -0.4 is 10.6 Å². The lowest BCUT2D eigenvalue weighted by Crippen LogP contribution is -2.26. The van der Waals surface area contributed by atoms with Crippen LogP contribution in [0.2, 0.25) is 0 Å². The Kier molecular flexibility index (Phi) is 5.15. The molecule has 0 unspecified atom stereocenters. The van der Waals surface area contributed by atoms with Gasteiger partial charge in [0.25, 0.3) is 0 Å². The molecule has 2 amide bonds. The summed E-state index contributed by atoms with van der Waals surface area (Å²) in [5, 5.41) is 5.13. The first-order valence-electron chi connectivity index (χ1n) is 7.68. The zero-order chi connectivity index (χ0) is 16.9. The van der Waals surface area contributed by atoms with Gasteiger partial charge in [-0.05, 0) is 36.6 Å². The third-order valence-corrected chi connectivity index (χ3v) is 5.09. The van der Waals surface area contributed by atoms with Crippen molar-refractivity contribution in [3.8, 4) is 0 Å². The number of para-hydroxylation sites is 2. The van der Waals surface area contributed by atoms with E-state index in [1.165, 1.54) is 23.9 Å². The second kappa shape index (κ2) is 7.49. The van der Waals surface area contributed by atoms with E-state index < -0.39 is 5.82 Å². The van der Waals surface area contributed by atoms with Crippen LogP contribution in [0.25, 0.3) is 0 Å². The van der Waals surface area contributed by atoms with Crippen molar-refractivity contribution >= 4 is 35.0 Å². The van der Waals surface area contributed by atoms with Gasteiger partial charge >= 0.3 is 0 Å². The highest BCUT2D eigenvalue weighted by Crippen LogP contribution is 2.27. The Hall–Kier alpha value is -2.34. The molecule has 0 saturated carbocycles. The van der Waals surface area contributed by atoms with Crippen molar-refractivity contribution in [2.75, 3.05) is 16.4 Å². The average molecular weight is 344 g/mol. The Balaban J connectivity index is 1.56. The van der Waals surface area contributed by atoms with Crippen LogP contribution in [0.4, 0.5) is 15.8 Å². The predicted molar refractivity (Wildman–Crippen MR) is 94.7 cm³/mol. The number of fused-ring (bicyclic) bond motifs is 1. The van der Waals surface area contributed by atoms with Crippen molar-refractivity contribution in [2.24, 2.45) is 0 Å². The number of rotatable bonds is 4. The van der Waals surface area contributed by atoms with E-state index in [0.717, 1.165) is 17.7 Å². The van der Waals surface area contributed by atoms with Crippen LogP contribution >= 0.6 is 11.8 Å². The topological polar surface area (TPSA) is 58.2 Å². The Morgan fingerprint density at radius 1 is 1.21 bits per heavy atom. The molecule has 1 atom stereocenters. The molecule has 1 heterocycles. The summed E-state index contributed by atoms with van der Waals surface area (Å²) in [6, 6.07) is 13.7. The number of amides is 2. The van der Waals surface area contributed by atoms with Gasteiger partial charge < -0.3 is 10.6 Å². The lowest BCUT2D eigenvalue weighted by molar-refractivity contribution is -0.115. The van der Waals surface area contributed by atoms with Crippen LogP contribution in [-0.2, 0) is 16.0 Å². The van der Waals surface area contributed by atoms with Crippen molar-refractivity contribution in [1.29, 1.82) is 0 Å². The molecule has 0 aliphatic carbocycles. The van der Waals surface area contributed by atoms with Crippen LogP contribution in [0.1, 0.15) is 12.0 Å². The van der Waals surface area contributed by atoms with Crippen LogP contribution in [0.5, 0.6) is 0 Å². The molecule has 6 heteroatoms. The predicted octanol–water partition coefficient (Wildman–Crippen LogP) is 3.45. The van der Waals surface area contributed by atoms with Gasteiger partial charge in [-0.1, -0.05) is 30.3 Å². The molecule has 2 N–H and O–H groups in total. The first kappa shape index (κ1) is 16.5. The standard InChI is InChI=1S/C18H17FN2O2S/c19-13-6-2-4-8-15(13)20-17(22)11-24-16-10-9-12-5-1-3-7-14(12)21-18(16)23/h1-8,16H,9-11H2,(H,20,22)(H,21,23)/t16-/m1/s1. The second-order valence-electron chi connectivity index (χ2n) is 5.51. The molecule has 1 aliphatic rings. The van der Waals surface area contributed by atoms with E-state index in [1.807, 2.05) is 24.3 Å². The number of aryl methyl sites for hydroxylation is 1. The van der Waals surface area contributed by atoms with Gasteiger partial charge in [0, 0.05) is 5.69 Å².